The molecule has 0 spiro atoms. The summed E-state index contributed by atoms with van der Waals surface area (Å²) in [6.07, 6.45) is 2.59. The molecular weight excluding hydrogens is 162 g/mol. The Labute approximate surface area is 79.1 Å². The van der Waals surface area contributed by atoms with Crippen molar-refractivity contribution in [2.24, 2.45) is 0 Å². The number of likely N-dealkylation sites (N-methyl/N-ethyl adjacent to an activating group) is 1. The predicted octanol–water partition coefficient (Wildman–Crippen LogP) is 1.53. The van der Waals surface area contributed by atoms with Crippen LogP contribution >= 0.6 is 0 Å². The van der Waals surface area contributed by atoms with Gasteiger partial charge in [-0.3, -0.25) is 5.10 Å². The summed E-state index contributed by atoms with van der Waals surface area (Å²) in [4.78, 5) is 2.39. The third-order valence-electron chi connectivity index (χ3n) is 2.77. The summed E-state index contributed by atoms with van der Waals surface area (Å²) < 4.78 is 0. The highest BCUT2D eigenvalue weighted by Gasteiger charge is 2.20. The lowest BCUT2D eigenvalue weighted by molar-refractivity contribution is 0.248. The predicted molar refractivity (Wildman–Crippen MR) is 52.8 cm³/mol. The number of piperidine rings is 1. The number of aryl methyl sites for hydroxylation is 1. The Bertz CT molecular complexity index is 279. The van der Waals surface area contributed by atoms with Crippen LogP contribution in [0, 0.1) is 6.92 Å². The summed E-state index contributed by atoms with van der Waals surface area (Å²) in [6, 6.07) is 2.17. The van der Waals surface area contributed by atoms with E-state index in [1.165, 1.54) is 30.8 Å². The molecule has 2 rings (SSSR count). The van der Waals surface area contributed by atoms with Gasteiger partial charge in [0.2, 0.25) is 0 Å². The van der Waals surface area contributed by atoms with Gasteiger partial charge in [0.1, 0.15) is 0 Å². The molecule has 0 saturated carbocycles. The highest BCUT2D eigenvalue weighted by atomic mass is 15.1. The minimum Gasteiger partial charge on any atom is -0.306 e. The second kappa shape index (κ2) is 3.50. The molecule has 13 heavy (non-hydrogen) atoms. The SMILES string of the molecule is Cc1cc(C2CCCN(C)C2)n[nH]1. The molecule has 0 amide bonds. The lowest BCUT2D eigenvalue weighted by Crippen LogP contribution is -2.30. The number of aromatic amines is 1. The first-order valence-electron chi connectivity index (χ1n) is 4.96. The smallest absolute Gasteiger partial charge is 0.0668 e. The molecule has 1 atom stereocenters. The number of H-pyrrole nitrogens is 1. The number of rotatable bonds is 1. The number of aromatic nitrogens is 2. The molecule has 1 aliphatic rings. The van der Waals surface area contributed by atoms with Gasteiger partial charge in [0.05, 0.1) is 5.69 Å². The van der Waals surface area contributed by atoms with E-state index in [2.05, 4.69) is 35.1 Å². The quantitative estimate of drug-likeness (QED) is 0.709. The molecule has 1 fully saturated rings. The lowest BCUT2D eigenvalue weighted by atomic mass is 9.95. The van der Waals surface area contributed by atoms with Crippen LogP contribution in [-0.4, -0.2) is 35.2 Å². The molecule has 1 aliphatic heterocycles. The van der Waals surface area contributed by atoms with Crippen molar-refractivity contribution in [3.05, 3.63) is 17.5 Å². The van der Waals surface area contributed by atoms with Crippen LogP contribution in [0.1, 0.15) is 30.1 Å². The average molecular weight is 179 g/mol. The molecule has 72 valence electrons. The van der Waals surface area contributed by atoms with Gasteiger partial charge < -0.3 is 4.90 Å². The fraction of sp³-hybridized carbons (Fsp3) is 0.700. The van der Waals surface area contributed by atoms with E-state index in [-0.39, 0.29) is 0 Å². The monoisotopic (exact) mass is 179 g/mol. The van der Waals surface area contributed by atoms with Crippen LogP contribution in [0.3, 0.4) is 0 Å². The van der Waals surface area contributed by atoms with Crippen molar-refractivity contribution in [2.45, 2.75) is 25.7 Å². The third kappa shape index (κ3) is 1.91. The summed E-state index contributed by atoms with van der Waals surface area (Å²) >= 11 is 0. The molecule has 0 aliphatic carbocycles. The Balaban J connectivity index is 2.08. The number of nitrogens with one attached hydrogen (secondary N) is 1. The van der Waals surface area contributed by atoms with Crippen LogP contribution in [0.2, 0.25) is 0 Å². The summed E-state index contributed by atoms with van der Waals surface area (Å²) in [5.41, 5.74) is 2.41. The van der Waals surface area contributed by atoms with Gasteiger partial charge in [-0.05, 0) is 39.4 Å². The Hall–Kier alpha value is -0.830. The van der Waals surface area contributed by atoms with Gasteiger partial charge in [0.15, 0.2) is 0 Å². The normalized spacial score (nSPS) is 24.9. The molecule has 1 N–H and O–H groups in total. The van der Waals surface area contributed by atoms with E-state index in [0.29, 0.717) is 5.92 Å². The molecule has 0 bridgehead atoms. The van der Waals surface area contributed by atoms with E-state index in [9.17, 15) is 0 Å². The van der Waals surface area contributed by atoms with Crippen molar-refractivity contribution in [2.75, 3.05) is 20.1 Å². The van der Waals surface area contributed by atoms with E-state index >= 15 is 0 Å². The van der Waals surface area contributed by atoms with Gasteiger partial charge in [-0.1, -0.05) is 0 Å². The zero-order valence-electron chi connectivity index (χ0n) is 8.38. The fourth-order valence-electron chi connectivity index (χ4n) is 2.06. The van der Waals surface area contributed by atoms with E-state index < -0.39 is 0 Å². The number of nitrogens with zero attached hydrogens (tertiary/aromatic N) is 2. The topological polar surface area (TPSA) is 31.9 Å². The summed E-state index contributed by atoms with van der Waals surface area (Å²) in [5.74, 6) is 0.642. The minimum atomic E-state index is 0.642. The van der Waals surface area contributed by atoms with E-state index in [0.717, 1.165) is 6.54 Å². The van der Waals surface area contributed by atoms with Crippen LogP contribution in [0.5, 0.6) is 0 Å². The van der Waals surface area contributed by atoms with Gasteiger partial charge in [-0.2, -0.15) is 5.10 Å². The first kappa shape index (κ1) is 8.75. The van der Waals surface area contributed by atoms with Crippen molar-refractivity contribution < 1.29 is 0 Å². The van der Waals surface area contributed by atoms with Gasteiger partial charge in [-0.25, -0.2) is 0 Å². The van der Waals surface area contributed by atoms with Crippen molar-refractivity contribution in [1.82, 2.24) is 15.1 Å². The number of hydrogen-bond donors (Lipinski definition) is 1. The molecule has 1 saturated heterocycles. The largest absolute Gasteiger partial charge is 0.306 e. The molecule has 1 aromatic heterocycles. The molecule has 3 nitrogen and oxygen atoms in total. The second-order valence-corrected chi connectivity index (χ2v) is 4.08. The molecule has 3 heteroatoms. The summed E-state index contributed by atoms with van der Waals surface area (Å²) in [6.45, 7) is 4.45. The van der Waals surface area contributed by atoms with Crippen molar-refractivity contribution in [3.8, 4) is 0 Å². The van der Waals surface area contributed by atoms with Gasteiger partial charge in [-0.15, -0.1) is 0 Å². The van der Waals surface area contributed by atoms with Crippen molar-refractivity contribution in [3.63, 3.8) is 0 Å². The molecule has 0 radical (unpaired) electrons. The van der Waals surface area contributed by atoms with Crippen molar-refractivity contribution >= 4 is 0 Å². The summed E-state index contributed by atoms with van der Waals surface area (Å²) in [7, 11) is 2.19. The fourth-order valence-corrected chi connectivity index (χ4v) is 2.06. The van der Waals surface area contributed by atoms with Crippen LogP contribution in [0.25, 0.3) is 0 Å². The Morgan fingerprint density at radius 2 is 2.46 bits per heavy atom. The zero-order valence-corrected chi connectivity index (χ0v) is 8.38. The molecular formula is C10H17N3. The van der Waals surface area contributed by atoms with Crippen LogP contribution in [0.15, 0.2) is 6.07 Å². The first-order chi connectivity index (χ1) is 6.25. The highest BCUT2D eigenvalue weighted by molar-refractivity contribution is 5.13. The van der Waals surface area contributed by atoms with Crippen LogP contribution in [-0.2, 0) is 0 Å². The van der Waals surface area contributed by atoms with E-state index in [1.807, 2.05) is 0 Å². The maximum atomic E-state index is 4.32. The molecule has 0 aromatic carbocycles. The minimum absolute atomic E-state index is 0.642. The van der Waals surface area contributed by atoms with Crippen LogP contribution < -0.4 is 0 Å². The average Bonchev–Trinajstić information content (AvgIpc) is 2.52. The summed E-state index contributed by atoms with van der Waals surface area (Å²) in [5, 5.41) is 7.33. The highest BCUT2D eigenvalue weighted by Crippen LogP contribution is 2.24. The van der Waals surface area contributed by atoms with E-state index in [1.54, 1.807) is 0 Å². The maximum absolute atomic E-state index is 4.32. The zero-order chi connectivity index (χ0) is 9.26. The Morgan fingerprint density at radius 3 is 3.08 bits per heavy atom. The van der Waals surface area contributed by atoms with Gasteiger partial charge in [0.25, 0.3) is 0 Å². The van der Waals surface area contributed by atoms with Crippen molar-refractivity contribution in [1.29, 1.82) is 0 Å². The Kier molecular flexibility index (Phi) is 2.36. The Morgan fingerprint density at radius 1 is 1.62 bits per heavy atom. The number of likely N-dealkylation sites (tertiary alicyclic amines) is 1. The molecule has 1 aromatic rings. The first-order valence-corrected chi connectivity index (χ1v) is 4.96. The third-order valence-corrected chi connectivity index (χ3v) is 2.77. The van der Waals surface area contributed by atoms with E-state index in [4.69, 9.17) is 0 Å². The second-order valence-electron chi connectivity index (χ2n) is 4.08. The lowest BCUT2D eigenvalue weighted by Gasteiger charge is -2.28. The number of hydrogen-bond acceptors (Lipinski definition) is 2. The van der Waals surface area contributed by atoms with Gasteiger partial charge in [0, 0.05) is 18.2 Å². The van der Waals surface area contributed by atoms with Gasteiger partial charge >= 0.3 is 0 Å². The standard InChI is InChI=1S/C10H17N3/c1-8-6-10(12-11-8)9-4-3-5-13(2)7-9/h6,9H,3-5,7H2,1-2H3,(H,11,12). The molecule has 2 heterocycles. The maximum Gasteiger partial charge on any atom is 0.0668 e. The van der Waals surface area contributed by atoms with Crippen LogP contribution in [0.4, 0.5) is 0 Å². The molecule has 1 unspecified atom stereocenters.